The number of esters is 1. The van der Waals surface area contributed by atoms with Crippen molar-refractivity contribution in [1.82, 2.24) is 5.32 Å². The number of benzene rings is 2. The number of carbonyl (C=O) groups excluding carboxylic acids is 2. The molecule has 144 valence electrons. The third-order valence-electron chi connectivity index (χ3n) is 3.88. The van der Waals surface area contributed by atoms with Crippen LogP contribution in [0.3, 0.4) is 0 Å². The molecule has 0 aliphatic carbocycles. The molecule has 2 rings (SSSR count). The zero-order valence-electron chi connectivity index (χ0n) is 15.9. The Hall–Kier alpha value is -3.02. The lowest BCUT2D eigenvalue weighted by Gasteiger charge is -2.11. The van der Waals surface area contributed by atoms with E-state index in [1.165, 1.54) is 5.56 Å². The van der Waals surface area contributed by atoms with Crippen LogP contribution < -0.4 is 14.8 Å². The third-order valence-corrected chi connectivity index (χ3v) is 3.88. The van der Waals surface area contributed by atoms with Gasteiger partial charge in [-0.25, -0.2) is 0 Å². The number of aryl methyl sites for hydroxylation is 2. The topological polar surface area (TPSA) is 73.9 Å². The Labute approximate surface area is 159 Å². The van der Waals surface area contributed by atoms with E-state index in [1.54, 1.807) is 31.4 Å². The van der Waals surface area contributed by atoms with Crippen molar-refractivity contribution < 1.29 is 23.8 Å². The molecule has 1 N–H and O–H groups in total. The zero-order valence-corrected chi connectivity index (χ0v) is 15.9. The van der Waals surface area contributed by atoms with Crippen LogP contribution in [0, 0.1) is 13.8 Å². The summed E-state index contributed by atoms with van der Waals surface area (Å²) in [7, 11) is 1.58. The van der Waals surface area contributed by atoms with Gasteiger partial charge in [0.1, 0.15) is 18.1 Å². The van der Waals surface area contributed by atoms with Crippen LogP contribution in [0.1, 0.15) is 16.7 Å². The van der Waals surface area contributed by atoms with Crippen LogP contribution in [0.15, 0.2) is 42.5 Å². The zero-order chi connectivity index (χ0) is 19.6. The second kappa shape index (κ2) is 10.2. The van der Waals surface area contributed by atoms with Gasteiger partial charge in [-0.1, -0.05) is 29.8 Å². The number of hydrogen-bond acceptors (Lipinski definition) is 5. The molecule has 2 aromatic carbocycles. The van der Waals surface area contributed by atoms with E-state index in [2.05, 4.69) is 5.32 Å². The van der Waals surface area contributed by atoms with E-state index < -0.39 is 5.97 Å². The van der Waals surface area contributed by atoms with E-state index in [4.69, 9.17) is 14.2 Å². The van der Waals surface area contributed by atoms with Crippen molar-refractivity contribution in [2.75, 3.05) is 26.9 Å². The first kappa shape index (κ1) is 20.3. The summed E-state index contributed by atoms with van der Waals surface area (Å²) >= 11 is 0. The van der Waals surface area contributed by atoms with Crippen molar-refractivity contribution in [3.63, 3.8) is 0 Å². The Kier molecular flexibility index (Phi) is 7.67. The predicted octanol–water partition coefficient (Wildman–Crippen LogP) is 2.59. The first-order valence-corrected chi connectivity index (χ1v) is 8.73. The van der Waals surface area contributed by atoms with Gasteiger partial charge in [-0.2, -0.15) is 0 Å². The van der Waals surface area contributed by atoms with Crippen molar-refractivity contribution in [3.8, 4) is 11.5 Å². The molecule has 2 aromatic rings. The largest absolute Gasteiger partial charge is 0.497 e. The van der Waals surface area contributed by atoms with Crippen molar-refractivity contribution in [2.24, 2.45) is 0 Å². The van der Waals surface area contributed by atoms with Gasteiger partial charge in [0.05, 0.1) is 20.1 Å². The molecule has 6 heteroatoms. The standard InChI is InChI=1S/C21H25NO5/c1-15-4-9-19(16(2)12-15)26-11-10-22-20(23)14-27-21(24)13-17-5-7-18(25-3)8-6-17/h4-9,12H,10-11,13-14H2,1-3H3,(H,22,23). The molecular weight excluding hydrogens is 346 g/mol. The van der Waals surface area contributed by atoms with Gasteiger partial charge in [-0.3, -0.25) is 9.59 Å². The fraction of sp³-hybridized carbons (Fsp3) is 0.333. The summed E-state index contributed by atoms with van der Waals surface area (Å²) in [6.07, 6.45) is 0.104. The Morgan fingerprint density at radius 3 is 2.44 bits per heavy atom. The quantitative estimate of drug-likeness (QED) is 0.542. The number of ether oxygens (including phenoxy) is 3. The Morgan fingerprint density at radius 1 is 1.04 bits per heavy atom. The van der Waals surface area contributed by atoms with Crippen LogP contribution in [0.5, 0.6) is 11.5 Å². The Balaban J connectivity index is 1.63. The smallest absolute Gasteiger partial charge is 0.310 e. The molecule has 0 bridgehead atoms. The average molecular weight is 371 g/mol. The fourth-order valence-corrected chi connectivity index (χ4v) is 2.47. The number of methoxy groups -OCH3 is 1. The lowest BCUT2D eigenvalue weighted by Crippen LogP contribution is -2.32. The first-order valence-electron chi connectivity index (χ1n) is 8.73. The molecule has 1 amide bonds. The van der Waals surface area contributed by atoms with Gasteiger partial charge in [-0.05, 0) is 43.2 Å². The molecule has 0 aromatic heterocycles. The number of carbonyl (C=O) groups is 2. The van der Waals surface area contributed by atoms with Gasteiger partial charge in [0, 0.05) is 0 Å². The van der Waals surface area contributed by atoms with Gasteiger partial charge >= 0.3 is 5.97 Å². The van der Waals surface area contributed by atoms with Gasteiger partial charge in [0.2, 0.25) is 0 Å². The minimum absolute atomic E-state index is 0.104. The van der Waals surface area contributed by atoms with Gasteiger partial charge in [0.15, 0.2) is 6.61 Å². The minimum Gasteiger partial charge on any atom is -0.497 e. The van der Waals surface area contributed by atoms with E-state index in [0.29, 0.717) is 13.2 Å². The normalized spacial score (nSPS) is 10.2. The summed E-state index contributed by atoms with van der Waals surface area (Å²) in [5.41, 5.74) is 3.02. The van der Waals surface area contributed by atoms with E-state index in [1.807, 2.05) is 32.0 Å². The maximum absolute atomic E-state index is 11.8. The highest BCUT2D eigenvalue weighted by Gasteiger charge is 2.09. The van der Waals surface area contributed by atoms with E-state index >= 15 is 0 Å². The molecule has 0 atom stereocenters. The minimum atomic E-state index is -0.457. The lowest BCUT2D eigenvalue weighted by molar-refractivity contribution is -0.147. The molecule has 0 heterocycles. The van der Waals surface area contributed by atoms with E-state index in [9.17, 15) is 9.59 Å². The van der Waals surface area contributed by atoms with Crippen LogP contribution in [0.2, 0.25) is 0 Å². The first-order chi connectivity index (χ1) is 13.0. The number of nitrogens with one attached hydrogen (secondary N) is 1. The highest BCUT2D eigenvalue weighted by Crippen LogP contribution is 2.18. The number of amides is 1. The van der Waals surface area contributed by atoms with Crippen LogP contribution in [0.4, 0.5) is 0 Å². The molecule has 0 aliphatic rings. The predicted molar refractivity (Wildman–Crippen MR) is 102 cm³/mol. The molecule has 0 fully saturated rings. The monoisotopic (exact) mass is 371 g/mol. The second-order valence-corrected chi connectivity index (χ2v) is 6.15. The third kappa shape index (κ3) is 7.01. The van der Waals surface area contributed by atoms with Crippen LogP contribution in [0.25, 0.3) is 0 Å². The number of rotatable bonds is 9. The summed E-state index contributed by atoms with van der Waals surface area (Å²) in [6, 6.07) is 13.0. The molecule has 0 spiro atoms. The molecule has 27 heavy (non-hydrogen) atoms. The molecule has 0 saturated carbocycles. The molecule has 6 nitrogen and oxygen atoms in total. The molecule has 0 saturated heterocycles. The van der Waals surface area contributed by atoms with E-state index in [0.717, 1.165) is 22.6 Å². The summed E-state index contributed by atoms with van der Waals surface area (Å²) in [5.74, 6) is 0.694. The van der Waals surface area contributed by atoms with Crippen molar-refractivity contribution >= 4 is 11.9 Å². The highest BCUT2D eigenvalue weighted by atomic mass is 16.5. The van der Waals surface area contributed by atoms with Gasteiger partial charge in [0.25, 0.3) is 5.91 Å². The Bertz CT molecular complexity index is 771. The molecule has 0 aliphatic heterocycles. The summed E-state index contributed by atoms with van der Waals surface area (Å²) < 4.78 is 15.7. The fourth-order valence-electron chi connectivity index (χ4n) is 2.47. The van der Waals surface area contributed by atoms with Crippen molar-refractivity contribution in [2.45, 2.75) is 20.3 Å². The average Bonchev–Trinajstić information content (AvgIpc) is 2.65. The molecule has 0 unspecified atom stereocenters. The second-order valence-electron chi connectivity index (χ2n) is 6.15. The summed E-state index contributed by atoms with van der Waals surface area (Å²) in [4.78, 5) is 23.5. The number of hydrogen-bond donors (Lipinski definition) is 1. The summed E-state index contributed by atoms with van der Waals surface area (Å²) in [6.45, 7) is 4.37. The van der Waals surface area contributed by atoms with Crippen LogP contribution in [-0.4, -0.2) is 38.7 Å². The SMILES string of the molecule is COc1ccc(CC(=O)OCC(=O)NCCOc2ccc(C)cc2C)cc1. The Morgan fingerprint density at radius 2 is 1.78 bits per heavy atom. The van der Waals surface area contributed by atoms with Crippen molar-refractivity contribution in [3.05, 3.63) is 59.2 Å². The van der Waals surface area contributed by atoms with Gasteiger partial charge in [-0.15, -0.1) is 0 Å². The van der Waals surface area contributed by atoms with E-state index in [-0.39, 0.29) is 18.9 Å². The van der Waals surface area contributed by atoms with Crippen LogP contribution in [-0.2, 0) is 20.7 Å². The lowest BCUT2D eigenvalue weighted by atomic mass is 10.1. The van der Waals surface area contributed by atoms with Crippen molar-refractivity contribution in [1.29, 1.82) is 0 Å². The molecule has 0 radical (unpaired) electrons. The van der Waals surface area contributed by atoms with Crippen LogP contribution >= 0.6 is 0 Å². The maximum Gasteiger partial charge on any atom is 0.310 e. The van der Waals surface area contributed by atoms with Gasteiger partial charge < -0.3 is 19.5 Å². The molecular formula is C21H25NO5. The maximum atomic E-state index is 11.8. The highest BCUT2D eigenvalue weighted by molar-refractivity contribution is 5.81. The summed E-state index contributed by atoms with van der Waals surface area (Å²) in [5, 5.41) is 2.66.